The molecule has 0 saturated heterocycles. The number of hydrogen-bond donors (Lipinski definition) is 1. The number of nitrogens with one attached hydrogen (secondary N) is 1. The van der Waals surface area contributed by atoms with Gasteiger partial charge in [0, 0.05) is 29.1 Å². The lowest BCUT2D eigenvalue weighted by Crippen LogP contribution is -1.85. The van der Waals surface area contributed by atoms with Crippen molar-refractivity contribution in [3.05, 3.63) is 59.1 Å². The Bertz CT molecular complexity index is 505. The van der Waals surface area contributed by atoms with Crippen LogP contribution in [0.5, 0.6) is 0 Å². The second kappa shape index (κ2) is 9.45. The molecule has 0 aliphatic heterocycles. The summed E-state index contributed by atoms with van der Waals surface area (Å²) >= 11 is 7.42. The van der Waals surface area contributed by atoms with Crippen molar-refractivity contribution in [2.24, 2.45) is 0 Å². The van der Waals surface area contributed by atoms with Crippen molar-refractivity contribution < 1.29 is 4.79 Å². The second-order valence-corrected chi connectivity index (χ2v) is 5.30. The lowest BCUT2D eigenvalue weighted by atomic mass is 10.2. The predicted molar refractivity (Wildman–Crippen MR) is 89.0 cm³/mol. The molecule has 2 aromatic rings. The fourth-order valence-electron chi connectivity index (χ4n) is 1.52. The molecule has 2 aromatic carbocycles. The summed E-state index contributed by atoms with van der Waals surface area (Å²) in [4.78, 5) is 11.3. The summed E-state index contributed by atoms with van der Waals surface area (Å²) in [6.07, 6.45) is 3.39. The molecule has 4 heteroatoms. The van der Waals surface area contributed by atoms with Gasteiger partial charge in [0.25, 0.3) is 0 Å². The van der Waals surface area contributed by atoms with Gasteiger partial charge in [0.2, 0.25) is 0 Å². The molecule has 0 aliphatic carbocycles. The van der Waals surface area contributed by atoms with Crippen LogP contribution in [0.25, 0.3) is 0 Å². The zero-order valence-electron chi connectivity index (χ0n) is 11.6. The number of thioether (sulfide) groups is 1. The number of anilines is 1. The van der Waals surface area contributed by atoms with Crippen LogP contribution < -0.4 is 5.32 Å². The monoisotopic (exact) mass is 307 g/mol. The summed E-state index contributed by atoms with van der Waals surface area (Å²) in [7, 11) is 1.92. The average molecular weight is 308 g/mol. The molecule has 0 aliphatic rings. The van der Waals surface area contributed by atoms with E-state index < -0.39 is 0 Å². The summed E-state index contributed by atoms with van der Waals surface area (Å²) in [6.45, 7) is 0. The van der Waals surface area contributed by atoms with Crippen LogP contribution >= 0.6 is 23.4 Å². The highest BCUT2D eigenvalue weighted by Gasteiger charge is 1.90. The molecule has 0 amide bonds. The largest absolute Gasteiger partial charge is 0.388 e. The van der Waals surface area contributed by atoms with Gasteiger partial charge in [-0.1, -0.05) is 23.7 Å². The van der Waals surface area contributed by atoms with Gasteiger partial charge in [0.05, 0.1) is 0 Å². The number of carbonyl (C=O) groups excluding carboxylic acids is 1. The first-order valence-corrected chi connectivity index (χ1v) is 7.79. The van der Waals surface area contributed by atoms with E-state index in [0.717, 1.165) is 17.5 Å². The molecule has 0 unspecified atom stereocenters. The Morgan fingerprint density at radius 1 is 1.20 bits per heavy atom. The molecule has 106 valence electrons. The Balaban J connectivity index is 0.000000200. The van der Waals surface area contributed by atoms with Crippen LogP contribution in [0.2, 0.25) is 5.02 Å². The number of aldehydes is 1. The van der Waals surface area contributed by atoms with E-state index in [1.165, 1.54) is 4.90 Å². The normalized spacial score (nSPS) is 9.35. The first-order valence-electron chi connectivity index (χ1n) is 6.19. The number of hydrogen-bond acceptors (Lipinski definition) is 3. The van der Waals surface area contributed by atoms with E-state index >= 15 is 0 Å². The molecule has 2 rings (SSSR count). The van der Waals surface area contributed by atoms with Crippen molar-refractivity contribution in [3.8, 4) is 0 Å². The highest BCUT2D eigenvalue weighted by atomic mass is 35.5. The Morgan fingerprint density at radius 2 is 1.90 bits per heavy atom. The zero-order chi connectivity index (χ0) is 14.8. The van der Waals surface area contributed by atoms with Crippen LogP contribution in [0.1, 0.15) is 5.56 Å². The lowest BCUT2D eigenvalue weighted by molar-refractivity contribution is -0.107. The molecule has 0 bridgehead atoms. The third kappa shape index (κ3) is 6.13. The number of halogens is 1. The van der Waals surface area contributed by atoms with Crippen molar-refractivity contribution in [3.63, 3.8) is 0 Å². The van der Waals surface area contributed by atoms with E-state index in [0.29, 0.717) is 11.4 Å². The predicted octanol–water partition coefficient (Wildman–Crippen LogP) is 4.53. The first-order chi connectivity index (χ1) is 9.69. The minimum Gasteiger partial charge on any atom is -0.388 e. The molecule has 0 heterocycles. The molecule has 2 nitrogen and oxygen atoms in total. The van der Waals surface area contributed by atoms with Gasteiger partial charge in [-0.2, -0.15) is 0 Å². The maximum atomic E-state index is 10.0. The third-order valence-electron chi connectivity index (χ3n) is 2.59. The van der Waals surface area contributed by atoms with Crippen molar-refractivity contribution in [2.75, 3.05) is 18.6 Å². The van der Waals surface area contributed by atoms with Gasteiger partial charge in [0.15, 0.2) is 0 Å². The van der Waals surface area contributed by atoms with Gasteiger partial charge < -0.3 is 10.1 Å². The van der Waals surface area contributed by atoms with E-state index in [-0.39, 0.29) is 0 Å². The van der Waals surface area contributed by atoms with Crippen LogP contribution in [0, 0.1) is 0 Å². The van der Waals surface area contributed by atoms with E-state index in [2.05, 4.69) is 35.8 Å². The molecular weight excluding hydrogens is 290 g/mol. The summed E-state index contributed by atoms with van der Waals surface area (Å²) in [6, 6.07) is 15.7. The number of rotatable bonds is 4. The van der Waals surface area contributed by atoms with Crippen LogP contribution in [0.15, 0.2) is 53.4 Å². The van der Waals surface area contributed by atoms with Crippen molar-refractivity contribution in [1.82, 2.24) is 0 Å². The second-order valence-electron chi connectivity index (χ2n) is 3.98. The van der Waals surface area contributed by atoms with E-state index in [4.69, 9.17) is 11.6 Å². The molecular formula is C16H18ClNOS. The zero-order valence-corrected chi connectivity index (χ0v) is 13.2. The van der Waals surface area contributed by atoms with E-state index in [1.54, 1.807) is 23.9 Å². The SMILES string of the molecule is CNc1ccc(SC)cc1.O=CCc1cccc(Cl)c1. The molecule has 0 saturated carbocycles. The van der Waals surface area contributed by atoms with Gasteiger partial charge in [0.1, 0.15) is 6.29 Å². The molecule has 1 N–H and O–H groups in total. The fraction of sp³-hybridized carbons (Fsp3) is 0.188. The quantitative estimate of drug-likeness (QED) is 0.664. The summed E-state index contributed by atoms with van der Waals surface area (Å²) in [5.74, 6) is 0. The first kappa shape index (κ1) is 16.6. The average Bonchev–Trinajstić information content (AvgIpc) is 2.48. The van der Waals surface area contributed by atoms with Crippen LogP contribution in [0.3, 0.4) is 0 Å². The van der Waals surface area contributed by atoms with Crippen molar-refractivity contribution in [2.45, 2.75) is 11.3 Å². The summed E-state index contributed by atoms with van der Waals surface area (Å²) in [5, 5.41) is 3.75. The Labute approximate surface area is 129 Å². The molecule has 20 heavy (non-hydrogen) atoms. The van der Waals surface area contributed by atoms with Crippen molar-refractivity contribution >= 4 is 35.3 Å². The van der Waals surface area contributed by atoms with Gasteiger partial charge in [-0.05, 0) is 48.2 Å². The van der Waals surface area contributed by atoms with Gasteiger partial charge in [-0.15, -0.1) is 11.8 Å². The van der Waals surface area contributed by atoms with Gasteiger partial charge in [-0.25, -0.2) is 0 Å². The molecule has 0 aromatic heterocycles. The van der Waals surface area contributed by atoms with Crippen LogP contribution in [-0.4, -0.2) is 19.6 Å². The Kier molecular flexibility index (Phi) is 7.85. The standard InChI is InChI=1S/C8H7ClO.C8H11NS/c9-8-3-1-2-7(6-8)4-5-10;1-9-7-3-5-8(10-2)6-4-7/h1-3,5-6H,4H2;3-6,9H,1-2H3. The molecule has 0 radical (unpaired) electrons. The van der Waals surface area contributed by atoms with Gasteiger partial charge in [-0.3, -0.25) is 0 Å². The maximum absolute atomic E-state index is 10.0. The van der Waals surface area contributed by atoms with Crippen molar-refractivity contribution in [1.29, 1.82) is 0 Å². The molecule has 0 spiro atoms. The number of benzene rings is 2. The summed E-state index contributed by atoms with van der Waals surface area (Å²) in [5.41, 5.74) is 2.13. The van der Waals surface area contributed by atoms with E-state index in [9.17, 15) is 4.79 Å². The van der Waals surface area contributed by atoms with Crippen LogP contribution in [0.4, 0.5) is 5.69 Å². The van der Waals surface area contributed by atoms with Crippen LogP contribution in [-0.2, 0) is 11.2 Å². The molecule has 0 atom stereocenters. The Hall–Kier alpha value is -1.45. The maximum Gasteiger partial charge on any atom is 0.124 e. The third-order valence-corrected chi connectivity index (χ3v) is 3.57. The smallest absolute Gasteiger partial charge is 0.124 e. The van der Waals surface area contributed by atoms with E-state index in [1.807, 2.05) is 19.2 Å². The minimum atomic E-state index is 0.445. The topological polar surface area (TPSA) is 29.1 Å². The highest BCUT2D eigenvalue weighted by Crippen LogP contribution is 2.16. The highest BCUT2D eigenvalue weighted by molar-refractivity contribution is 7.98. The Morgan fingerprint density at radius 3 is 2.40 bits per heavy atom. The van der Waals surface area contributed by atoms with Gasteiger partial charge >= 0.3 is 0 Å². The summed E-state index contributed by atoms with van der Waals surface area (Å²) < 4.78 is 0. The lowest BCUT2D eigenvalue weighted by Gasteiger charge is -1.99. The molecule has 0 fully saturated rings. The number of carbonyl (C=O) groups is 1. The fourth-order valence-corrected chi connectivity index (χ4v) is 2.14. The minimum absolute atomic E-state index is 0.445.